The smallest absolute Gasteiger partial charge is 0.139 e. The number of benzene rings is 1. The Morgan fingerprint density at radius 1 is 1.08 bits per heavy atom. The van der Waals surface area contributed by atoms with E-state index in [9.17, 15) is 0 Å². The Hall–Kier alpha value is -3.35. The minimum Gasteiger partial charge on any atom is -0.494 e. The van der Waals surface area contributed by atoms with E-state index >= 15 is 0 Å². The SMILES string of the molecule is CCOc1ccc(-c2cnc(-c3cc(C)n(-n4cnnc4)c3C)[nH]2)cc1. The zero-order chi connectivity index (χ0) is 18.1. The summed E-state index contributed by atoms with van der Waals surface area (Å²) >= 11 is 0. The summed E-state index contributed by atoms with van der Waals surface area (Å²) < 4.78 is 9.40. The molecule has 0 saturated heterocycles. The Morgan fingerprint density at radius 2 is 1.81 bits per heavy atom. The van der Waals surface area contributed by atoms with Crippen LogP contribution in [0.25, 0.3) is 22.6 Å². The molecule has 132 valence electrons. The van der Waals surface area contributed by atoms with Crippen LogP contribution in [0.15, 0.2) is 49.2 Å². The lowest BCUT2D eigenvalue weighted by Crippen LogP contribution is -2.10. The summed E-state index contributed by atoms with van der Waals surface area (Å²) in [5.74, 6) is 1.70. The first kappa shape index (κ1) is 16.1. The third-order valence-electron chi connectivity index (χ3n) is 4.34. The van der Waals surface area contributed by atoms with Crippen molar-refractivity contribution < 1.29 is 4.74 Å². The van der Waals surface area contributed by atoms with Gasteiger partial charge in [-0.25, -0.2) is 9.66 Å². The van der Waals surface area contributed by atoms with Gasteiger partial charge in [0.1, 0.15) is 24.2 Å². The molecule has 0 radical (unpaired) electrons. The van der Waals surface area contributed by atoms with Crippen molar-refractivity contribution in [2.45, 2.75) is 20.8 Å². The molecule has 0 atom stereocenters. The predicted molar refractivity (Wildman–Crippen MR) is 98.9 cm³/mol. The number of nitrogens with zero attached hydrogens (tertiary/aromatic N) is 5. The van der Waals surface area contributed by atoms with Gasteiger partial charge in [0.15, 0.2) is 0 Å². The maximum absolute atomic E-state index is 5.50. The lowest BCUT2D eigenvalue weighted by Gasteiger charge is -2.08. The van der Waals surface area contributed by atoms with Crippen LogP contribution in [-0.2, 0) is 0 Å². The van der Waals surface area contributed by atoms with Crippen LogP contribution >= 0.6 is 0 Å². The Bertz CT molecular complexity index is 1010. The second kappa shape index (κ2) is 6.51. The van der Waals surface area contributed by atoms with Gasteiger partial charge in [-0.1, -0.05) is 0 Å². The standard InChI is InChI=1S/C19H20N6O/c1-4-26-16-7-5-15(6-8-16)18-10-20-19(23-18)17-9-13(2)25(14(17)3)24-11-21-22-12-24/h5-12H,4H2,1-3H3,(H,20,23). The van der Waals surface area contributed by atoms with E-state index in [1.54, 1.807) is 12.7 Å². The fraction of sp³-hybridized carbons (Fsp3) is 0.211. The number of aromatic amines is 1. The summed E-state index contributed by atoms with van der Waals surface area (Å²) in [7, 11) is 0. The number of hydrogen-bond acceptors (Lipinski definition) is 4. The molecular formula is C19H20N6O. The van der Waals surface area contributed by atoms with Gasteiger partial charge in [0.05, 0.1) is 18.5 Å². The highest BCUT2D eigenvalue weighted by Gasteiger charge is 2.15. The Kier molecular flexibility index (Phi) is 4.04. The highest BCUT2D eigenvalue weighted by atomic mass is 16.5. The van der Waals surface area contributed by atoms with Crippen molar-refractivity contribution in [3.8, 4) is 28.4 Å². The second-order valence-electron chi connectivity index (χ2n) is 6.04. The lowest BCUT2D eigenvalue weighted by atomic mass is 10.1. The van der Waals surface area contributed by atoms with Crippen LogP contribution in [0, 0.1) is 13.8 Å². The van der Waals surface area contributed by atoms with E-state index in [0.717, 1.165) is 39.8 Å². The van der Waals surface area contributed by atoms with E-state index in [1.165, 1.54) is 0 Å². The van der Waals surface area contributed by atoms with Crippen LogP contribution in [0.5, 0.6) is 5.75 Å². The first-order valence-corrected chi connectivity index (χ1v) is 8.50. The second-order valence-corrected chi connectivity index (χ2v) is 6.04. The van der Waals surface area contributed by atoms with Gasteiger partial charge in [-0.3, -0.25) is 4.68 Å². The molecule has 4 aromatic rings. The summed E-state index contributed by atoms with van der Waals surface area (Å²) in [6, 6.07) is 10.1. The van der Waals surface area contributed by atoms with Gasteiger partial charge in [-0.15, -0.1) is 10.2 Å². The van der Waals surface area contributed by atoms with Crippen LogP contribution in [0.3, 0.4) is 0 Å². The lowest BCUT2D eigenvalue weighted by molar-refractivity contribution is 0.340. The maximum atomic E-state index is 5.50. The zero-order valence-electron chi connectivity index (χ0n) is 15.0. The predicted octanol–water partition coefficient (Wildman–Crippen LogP) is 3.46. The van der Waals surface area contributed by atoms with Crippen molar-refractivity contribution in [3.05, 3.63) is 60.6 Å². The van der Waals surface area contributed by atoms with E-state index in [1.807, 2.05) is 49.0 Å². The highest BCUT2D eigenvalue weighted by molar-refractivity contribution is 5.67. The molecule has 7 heteroatoms. The quantitative estimate of drug-likeness (QED) is 0.599. The average Bonchev–Trinajstić information content (AvgIpc) is 3.37. The third-order valence-corrected chi connectivity index (χ3v) is 4.34. The number of imidazole rings is 1. The van der Waals surface area contributed by atoms with Gasteiger partial charge in [0.25, 0.3) is 0 Å². The van der Waals surface area contributed by atoms with E-state index in [4.69, 9.17) is 4.74 Å². The molecule has 7 nitrogen and oxygen atoms in total. The van der Waals surface area contributed by atoms with E-state index in [-0.39, 0.29) is 0 Å². The Balaban J connectivity index is 1.67. The minimum atomic E-state index is 0.662. The summed E-state index contributed by atoms with van der Waals surface area (Å²) in [6.07, 6.45) is 5.21. The van der Waals surface area contributed by atoms with Crippen molar-refractivity contribution in [2.24, 2.45) is 0 Å². The molecular weight excluding hydrogens is 328 g/mol. The molecule has 1 N–H and O–H groups in total. The minimum absolute atomic E-state index is 0.662. The molecule has 0 saturated carbocycles. The average molecular weight is 348 g/mol. The van der Waals surface area contributed by atoms with E-state index < -0.39 is 0 Å². The highest BCUT2D eigenvalue weighted by Crippen LogP contribution is 2.28. The first-order chi connectivity index (χ1) is 12.7. The molecule has 0 unspecified atom stereocenters. The van der Waals surface area contributed by atoms with Crippen molar-refractivity contribution in [2.75, 3.05) is 6.61 Å². The zero-order valence-corrected chi connectivity index (χ0v) is 15.0. The van der Waals surface area contributed by atoms with Crippen LogP contribution < -0.4 is 4.74 Å². The largest absolute Gasteiger partial charge is 0.494 e. The third kappa shape index (κ3) is 2.77. The number of aromatic nitrogens is 6. The molecule has 3 aromatic heterocycles. The van der Waals surface area contributed by atoms with Crippen molar-refractivity contribution in [1.29, 1.82) is 0 Å². The molecule has 0 spiro atoms. The number of ether oxygens (including phenoxy) is 1. The number of hydrogen-bond donors (Lipinski definition) is 1. The molecule has 0 aliphatic carbocycles. The molecule has 0 aliphatic rings. The topological polar surface area (TPSA) is 73.6 Å². The van der Waals surface area contributed by atoms with Crippen LogP contribution in [0.2, 0.25) is 0 Å². The molecule has 0 amide bonds. The first-order valence-electron chi connectivity index (χ1n) is 8.50. The van der Waals surface area contributed by atoms with E-state index in [2.05, 4.69) is 37.8 Å². The van der Waals surface area contributed by atoms with Gasteiger partial charge in [0.2, 0.25) is 0 Å². The van der Waals surface area contributed by atoms with Crippen LogP contribution in [0.1, 0.15) is 18.3 Å². The number of H-pyrrole nitrogens is 1. The van der Waals surface area contributed by atoms with Crippen molar-refractivity contribution >= 4 is 0 Å². The molecule has 3 heterocycles. The fourth-order valence-corrected chi connectivity index (χ4v) is 3.15. The van der Waals surface area contributed by atoms with E-state index in [0.29, 0.717) is 6.61 Å². The maximum Gasteiger partial charge on any atom is 0.139 e. The summed E-state index contributed by atoms with van der Waals surface area (Å²) in [4.78, 5) is 8.00. The van der Waals surface area contributed by atoms with Gasteiger partial charge in [-0.2, -0.15) is 0 Å². The number of aryl methyl sites for hydroxylation is 1. The van der Waals surface area contributed by atoms with Crippen molar-refractivity contribution in [3.63, 3.8) is 0 Å². The van der Waals surface area contributed by atoms with Crippen molar-refractivity contribution in [1.82, 2.24) is 29.5 Å². The van der Waals surface area contributed by atoms with Gasteiger partial charge >= 0.3 is 0 Å². The molecule has 0 bridgehead atoms. The van der Waals surface area contributed by atoms with Crippen LogP contribution in [-0.4, -0.2) is 36.1 Å². The summed E-state index contributed by atoms with van der Waals surface area (Å²) in [6.45, 7) is 6.75. The van der Waals surface area contributed by atoms with Gasteiger partial charge < -0.3 is 9.72 Å². The number of nitrogens with one attached hydrogen (secondary N) is 1. The molecule has 0 aliphatic heterocycles. The van der Waals surface area contributed by atoms with Crippen LogP contribution in [0.4, 0.5) is 0 Å². The van der Waals surface area contributed by atoms with Gasteiger partial charge in [0, 0.05) is 17.0 Å². The Morgan fingerprint density at radius 3 is 2.50 bits per heavy atom. The Labute approximate surface area is 151 Å². The monoisotopic (exact) mass is 348 g/mol. The molecule has 26 heavy (non-hydrogen) atoms. The summed E-state index contributed by atoms with van der Waals surface area (Å²) in [5.41, 5.74) is 5.23. The molecule has 4 rings (SSSR count). The van der Waals surface area contributed by atoms with Gasteiger partial charge in [-0.05, 0) is 56.7 Å². The number of rotatable bonds is 5. The summed E-state index contributed by atoms with van der Waals surface area (Å²) in [5, 5.41) is 7.77. The normalized spacial score (nSPS) is 11.0. The molecule has 0 fully saturated rings. The fourth-order valence-electron chi connectivity index (χ4n) is 3.15. The molecule has 1 aromatic carbocycles.